The Morgan fingerprint density at radius 2 is 1.73 bits per heavy atom. The van der Waals surface area contributed by atoms with E-state index < -0.39 is 6.04 Å². The zero-order chi connectivity index (χ0) is 21.7. The lowest BCUT2D eigenvalue weighted by molar-refractivity contribution is -0.120. The smallest absolute Gasteiger partial charge is 0.228 e. The lowest BCUT2D eigenvalue weighted by Crippen LogP contribution is -2.29. The first-order chi connectivity index (χ1) is 14.4. The number of aromatic nitrogens is 1. The van der Waals surface area contributed by atoms with E-state index in [2.05, 4.69) is 15.6 Å². The van der Waals surface area contributed by atoms with Crippen LogP contribution in [0.15, 0.2) is 48.5 Å². The van der Waals surface area contributed by atoms with Gasteiger partial charge < -0.3 is 15.4 Å². The number of methoxy groups -OCH3 is 1. The number of benzene rings is 2. The van der Waals surface area contributed by atoms with Gasteiger partial charge in [0, 0.05) is 17.4 Å². The van der Waals surface area contributed by atoms with Crippen molar-refractivity contribution >= 4 is 28.3 Å². The van der Waals surface area contributed by atoms with Gasteiger partial charge in [-0.1, -0.05) is 29.8 Å². The number of anilines is 1. The molecule has 2 amide bonds. The largest absolute Gasteiger partial charge is 0.497 e. The van der Waals surface area contributed by atoms with Gasteiger partial charge in [0.15, 0.2) is 5.13 Å². The summed E-state index contributed by atoms with van der Waals surface area (Å²) in [6, 6.07) is 15.0. The molecule has 1 heterocycles. The highest BCUT2D eigenvalue weighted by Crippen LogP contribution is 2.31. The molecule has 1 atom stereocenters. The third kappa shape index (κ3) is 5.45. The Morgan fingerprint density at radius 1 is 1.07 bits per heavy atom. The van der Waals surface area contributed by atoms with E-state index in [4.69, 9.17) is 4.74 Å². The number of carbonyl (C=O) groups excluding carboxylic acids is 2. The summed E-state index contributed by atoms with van der Waals surface area (Å²) >= 11 is 1.42. The predicted molar refractivity (Wildman–Crippen MR) is 120 cm³/mol. The number of hydrogen-bond donors (Lipinski definition) is 2. The van der Waals surface area contributed by atoms with Crippen LogP contribution in [-0.2, 0) is 9.59 Å². The van der Waals surface area contributed by atoms with Gasteiger partial charge in [-0.15, -0.1) is 11.3 Å². The molecule has 0 aliphatic heterocycles. The number of hydrogen-bond acceptors (Lipinski definition) is 5. The second kappa shape index (κ2) is 9.54. The summed E-state index contributed by atoms with van der Waals surface area (Å²) in [6.07, 6.45) is 0.124. The van der Waals surface area contributed by atoms with E-state index >= 15 is 0 Å². The molecule has 0 saturated heterocycles. The number of thiazole rings is 1. The van der Waals surface area contributed by atoms with Gasteiger partial charge in [-0.3, -0.25) is 9.59 Å². The molecule has 3 aromatic rings. The van der Waals surface area contributed by atoms with Crippen LogP contribution >= 0.6 is 11.3 Å². The van der Waals surface area contributed by atoms with Gasteiger partial charge in [-0.25, -0.2) is 4.98 Å². The number of ether oxygens (including phenoxy) is 1. The minimum atomic E-state index is -0.398. The minimum absolute atomic E-state index is 0.124. The molecule has 3 rings (SSSR count). The summed E-state index contributed by atoms with van der Waals surface area (Å²) < 4.78 is 5.20. The van der Waals surface area contributed by atoms with Crippen molar-refractivity contribution in [2.75, 3.05) is 12.4 Å². The van der Waals surface area contributed by atoms with Crippen molar-refractivity contribution in [2.45, 2.75) is 33.2 Å². The zero-order valence-electron chi connectivity index (χ0n) is 17.5. The van der Waals surface area contributed by atoms with Gasteiger partial charge in [0.25, 0.3) is 0 Å². The summed E-state index contributed by atoms with van der Waals surface area (Å²) in [7, 11) is 1.63. The van der Waals surface area contributed by atoms with Crippen LogP contribution in [0.2, 0.25) is 0 Å². The normalized spacial score (nSPS) is 11.6. The SMILES string of the molecule is COc1ccc(-c2nc(NC(=O)CC(NC(C)=O)c3ccc(C)cc3)sc2C)cc1. The van der Waals surface area contributed by atoms with Crippen LogP contribution in [-0.4, -0.2) is 23.9 Å². The highest BCUT2D eigenvalue weighted by atomic mass is 32.1. The fraction of sp³-hybridized carbons (Fsp3) is 0.261. The molecule has 0 spiro atoms. The number of amides is 2. The van der Waals surface area contributed by atoms with Crippen LogP contribution in [0.4, 0.5) is 5.13 Å². The van der Waals surface area contributed by atoms with Gasteiger partial charge >= 0.3 is 0 Å². The molecule has 0 aliphatic carbocycles. The van der Waals surface area contributed by atoms with Crippen molar-refractivity contribution in [1.82, 2.24) is 10.3 Å². The summed E-state index contributed by atoms with van der Waals surface area (Å²) in [5, 5.41) is 6.27. The lowest BCUT2D eigenvalue weighted by atomic mass is 10.0. The second-order valence-corrected chi connectivity index (χ2v) is 8.27. The minimum Gasteiger partial charge on any atom is -0.497 e. The van der Waals surface area contributed by atoms with E-state index in [0.29, 0.717) is 5.13 Å². The van der Waals surface area contributed by atoms with Gasteiger partial charge in [0.1, 0.15) is 5.75 Å². The average molecular weight is 424 g/mol. The molecular weight excluding hydrogens is 398 g/mol. The van der Waals surface area contributed by atoms with Crippen LogP contribution in [0, 0.1) is 13.8 Å². The summed E-state index contributed by atoms with van der Waals surface area (Å²) in [4.78, 5) is 29.9. The van der Waals surface area contributed by atoms with Crippen LogP contribution in [0.1, 0.15) is 35.4 Å². The molecule has 2 N–H and O–H groups in total. The van der Waals surface area contributed by atoms with E-state index in [1.165, 1.54) is 18.3 Å². The van der Waals surface area contributed by atoms with Crippen LogP contribution in [0.3, 0.4) is 0 Å². The Labute approximate surface area is 180 Å². The fourth-order valence-corrected chi connectivity index (χ4v) is 3.97. The molecule has 1 aromatic heterocycles. The molecule has 7 heteroatoms. The first-order valence-corrected chi connectivity index (χ1v) is 10.4. The Balaban J connectivity index is 1.72. The van der Waals surface area contributed by atoms with E-state index in [-0.39, 0.29) is 18.2 Å². The zero-order valence-corrected chi connectivity index (χ0v) is 18.3. The molecule has 156 valence electrons. The van der Waals surface area contributed by atoms with E-state index in [1.54, 1.807) is 7.11 Å². The van der Waals surface area contributed by atoms with Crippen LogP contribution in [0.5, 0.6) is 5.75 Å². The average Bonchev–Trinajstić information content (AvgIpc) is 3.07. The van der Waals surface area contributed by atoms with Crippen molar-refractivity contribution in [3.05, 3.63) is 64.5 Å². The third-order valence-electron chi connectivity index (χ3n) is 4.65. The Morgan fingerprint density at radius 3 is 2.33 bits per heavy atom. The number of carbonyl (C=O) groups is 2. The summed E-state index contributed by atoms with van der Waals surface area (Å²) in [5.74, 6) is 0.393. The van der Waals surface area contributed by atoms with Crippen molar-refractivity contribution in [1.29, 1.82) is 0 Å². The predicted octanol–water partition coefficient (Wildman–Crippen LogP) is 4.64. The van der Waals surface area contributed by atoms with Gasteiger partial charge in [0.05, 0.1) is 25.3 Å². The number of nitrogens with zero attached hydrogens (tertiary/aromatic N) is 1. The van der Waals surface area contributed by atoms with Crippen molar-refractivity contribution in [3.8, 4) is 17.0 Å². The number of rotatable bonds is 7. The topological polar surface area (TPSA) is 80.3 Å². The number of aryl methyl sites for hydroxylation is 2. The van der Waals surface area contributed by atoms with Crippen LogP contribution < -0.4 is 15.4 Å². The molecule has 0 fully saturated rings. The molecule has 30 heavy (non-hydrogen) atoms. The van der Waals surface area contributed by atoms with E-state index in [9.17, 15) is 9.59 Å². The molecular formula is C23H25N3O3S. The molecule has 6 nitrogen and oxygen atoms in total. The van der Waals surface area contributed by atoms with Gasteiger partial charge in [-0.05, 0) is 43.7 Å². The second-order valence-electron chi connectivity index (χ2n) is 7.07. The fourth-order valence-electron chi connectivity index (χ4n) is 3.12. The highest BCUT2D eigenvalue weighted by molar-refractivity contribution is 7.16. The summed E-state index contributed by atoms with van der Waals surface area (Å²) in [5.41, 5.74) is 3.80. The van der Waals surface area contributed by atoms with Gasteiger partial charge in [0.2, 0.25) is 11.8 Å². The van der Waals surface area contributed by atoms with Crippen molar-refractivity contribution in [2.24, 2.45) is 0 Å². The summed E-state index contributed by atoms with van der Waals surface area (Å²) in [6.45, 7) is 5.42. The molecule has 1 unspecified atom stereocenters. The standard InChI is InChI=1S/C23H25N3O3S/c1-14-5-7-17(8-6-14)20(24-16(3)27)13-21(28)25-23-26-22(15(2)30-23)18-9-11-19(29-4)12-10-18/h5-12,20H,13H2,1-4H3,(H,24,27)(H,25,26,28). The quantitative estimate of drug-likeness (QED) is 0.580. The van der Waals surface area contributed by atoms with E-state index in [0.717, 1.165) is 33.0 Å². The maximum absolute atomic E-state index is 12.7. The Bertz CT molecular complexity index is 1030. The molecule has 0 saturated carbocycles. The van der Waals surface area contributed by atoms with E-state index in [1.807, 2.05) is 62.4 Å². The Kier molecular flexibility index (Phi) is 6.84. The Hall–Kier alpha value is -3.19. The maximum atomic E-state index is 12.7. The molecule has 2 aromatic carbocycles. The van der Waals surface area contributed by atoms with Crippen LogP contribution in [0.25, 0.3) is 11.3 Å². The monoisotopic (exact) mass is 423 g/mol. The van der Waals surface area contributed by atoms with Crippen molar-refractivity contribution < 1.29 is 14.3 Å². The first kappa shape index (κ1) is 21.5. The third-order valence-corrected chi connectivity index (χ3v) is 5.54. The highest BCUT2D eigenvalue weighted by Gasteiger charge is 2.19. The lowest BCUT2D eigenvalue weighted by Gasteiger charge is -2.18. The molecule has 0 bridgehead atoms. The van der Waals surface area contributed by atoms with Crippen molar-refractivity contribution in [3.63, 3.8) is 0 Å². The first-order valence-electron chi connectivity index (χ1n) is 9.61. The van der Waals surface area contributed by atoms with Gasteiger partial charge in [-0.2, -0.15) is 0 Å². The molecule has 0 aliphatic rings. The molecule has 0 radical (unpaired) electrons. The maximum Gasteiger partial charge on any atom is 0.228 e. The number of nitrogens with one attached hydrogen (secondary N) is 2.